The first-order chi connectivity index (χ1) is 22.6. The Morgan fingerprint density at radius 2 is 1.68 bits per heavy atom. The third-order valence-electron chi connectivity index (χ3n) is 7.81. The monoisotopic (exact) mass is 655 g/mol. The van der Waals surface area contributed by atoms with Crippen molar-refractivity contribution < 1.29 is 21.9 Å². The fraction of sp³-hybridized carbons (Fsp3) is 0.200. The van der Waals surface area contributed by atoms with Gasteiger partial charge in [-0.05, 0) is 54.8 Å². The number of sulfone groups is 1. The van der Waals surface area contributed by atoms with Crippen LogP contribution in [0.2, 0.25) is 0 Å². The number of hydrogen-bond acceptors (Lipinski definition) is 7. The second-order valence-corrected chi connectivity index (χ2v) is 13.3. The van der Waals surface area contributed by atoms with Crippen molar-refractivity contribution in [2.45, 2.75) is 37.8 Å². The van der Waals surface area contributed by atoms with Crippen LogP contribution in [-0.2, 0) is 34.8 Å². The van der Waals surface area contributed by atoms with Crippen LogP contribution in [0.15, 0.2) is 107 Å². The maximum absolute atomic E-state index is 15.0. The Morgan fingerprint density at radius 3 is 2.47 bits per heavy atom. The van der Waals surface area contributed by atoms with E-state index in [0.29, 0.717) is 11.3 Å². The highest BCUT2D eigenvalue weighted by Crippen LogP contribution is 2.26. The molecular formula is C35H31F2N5O4S. The second kappa shape index (κ2) is 13.3. The minimum Gasteiger partial charge on any atom is -0.369 e. The smallest absolute Gasteiger partial charge is 0.286 e. The molecule has 0 saturated carbocycles. The first kappa shape index (κ1) is 31.9. The third-order valence-corrected chi connectivity index (χ3v) is 9.32. The number of aromatic nitrogens is 5. The molecule has 47 heavy (non-hydrogen) atoms. The lowest BCUT2D eigenvalue weighted by atomic mass is 10.1. The molecule has 0 saturated heterocycles. The SMILES string of the molecule is Cc1cc(-c2cc(F)c(=O)n(Cc3ccc4c(c3)ncn4C)c2)nc(S(=O)(=O)CCC(OCc2ccccc2F)c2ccccc2)n1. The third kappa shape index (κ3) is 7.18. The number of rotatable bonds is 11. The zero-order valence-corrected chi connectivity index (χ0v) is 26.5. The standard InChI is InChI=1S/C35H31F2N5O4S/c1-23-16-30(27-18-29(37)34(43)42(20-27)19-24-12-13-32-31(17-24)38-22-41(32)2)40-35(39-23)47(44,45)15-14-33(25-8-4-3-5-9-25)46-21-26-10-6-7-11-28(26)36/h3-13,16-18,20,22,33H,14-15,19,21H2,1-2H3. The summed E-state index contributed by atoms with van der Waals surface area (Å²) in [5, 5.41) is -0.424. The quantitative estimate of drug-likeness (QED) is 0.159. The molecular weight excluding hydrogens is 624 g/mol. The molecule has 0 aliphatic carbocycles. The fourth-order valence-electron chi connectivity index (χ4n) is 5.33. The number of imidazole rings is 1. The highest BCUT2D eigenvalue weighted by Gasteiger charge is 2.24. The molecule has 0 aliphatic rings. The van der Waals surface area contributed by atoms with Crippen LogP contribution in [0, 0.1) is 18.6 Å². The van der Waals surface area contributed by atoms with Gasteiger partial charge in [0.2, 0.25) is 15.0 Å². The number of hydrogen-bond donors (Lipinski definition) is 0. The van der Waals surface area contributed by atoms with Crippen molar-refractivity contribution in [1.29, 1.82) is 0 Å². The number of aryl methyl sites for hydroxylation is 2. The van der Waals surface area contributed by atoms with Crippen LogP contribution in [0.4, 0.5) is 8.78 Å². The zero-order chi connectivity index (χ0) is 33.1. The maximum Gasteiger partial charge on any atom is 0.286 e. The molecule has 12 heteroatoms. The topological polar surface area (TPSA) is 109 Å². The minimum absolute atomic E-state index is 0.0473. The molecule has 0 aliphatic heterocycles. The molecule has 0 bridgehead atoms. The van der Waals surface area contributed by atoms with Crippen molar-refractivity contribution in [3.63, 3.8) is 0 Å². The Balaban J connectivity index is 1.25. The van der Waals surface area contributed by atoms with Crippen molar-refractivity contribution in [2.24, 2.45) is 7.05 Å². The van der Waals surface area contributed by atoms with Crippen molar-refractivity contribution in [2.75, 3.05) is 5.75 Å². The van der Waals surface area contributed by atoms with Gasteiger partial charge in [0, 0.05) is 30.1 Å². The van der Waals surface area contributed by atoms with Crippen molar-refractivity contribution in [1.82, 2.24) is 24.1 Å². The average Bonchev–Trinajstić information content (AvgIpc) is 3.43. The van der Waals surface area contributed by atoms with Gasteiger partial charge in [-0.3, -0.25) is 4.79 Å². The first-order valence-corrected chi connectivity index (χ1v) is 16.5. The van der Waals surface area contributed by atoms with E-state index in [1.54, 1.807) is 31.5 Å². The maximum atomic E-state index is 15.0. The van der Waals surface area contributed by atoms with Gasteiger partial charge in [-0.25, -0.2) is 32.2 Å². The highest BCUT2D eigenvalue weighted by molar-refractivity contribution is 7.91. The Hall–Kier alpha value is -5.07. The van der Waals surface area contributed by atoms with Gasteiger partial charge < -0.3 is 13.9 Å². The van der Waals surface area contributed by atoms with Gasteiger partial charge in [0.05, 0.1) is 48.1 Å². The number of ether oxygens (including phenoxy) is 1. The summed E-state index contributed by atoms with van der Waals surface area (Å²) in [6.45, 7) is 1.64. The number of fused-ring (bicyclic) bond motifs is 1. The summed E-state index contributed by atoms with van der Waals surface area (Å²) >= 11 is 0. The van der Waals surface area contributed by atoms with E-state index in [9.17, 15) is 22.0 Å². The van der Waals surface area contributed by atoms with E-state index < -0.39 is 38.3 Å². The number of halogens is 2. The first-order valence-electron chi connectivity index (χ1n) is 14.9. The van der Waals surface area contributed by atoms with E-state index in [2.05, 4.69) is 15.0 Å². The van der Waals surface area contributed by atoms with Crippen LogP contribution in [-0.4, -0.2) is 38.3 Å². The lowest BCUT2D eigenvalue weighted by Gasteiger charge is -2.19. The summed E-state index contributed by atoms with van der Waals surface area (Å²) in [6, 6.07) is 23.5. The van der Waals surface area contributed by atoms with Crippen LogP contribution in [0.25, 0.3) is 22.3 Å². The zero-order valence-electron chi connectivity index (χ0n) is 25.7. The lowest BCUT2D eigenvalue weighted by molar-refractivity contribution is 0.0361. The Bertz CT molecular complexity index is 2240. The summed E-state index contributed by atoms with van der Waals surface area (Å²) < 4.78 is 65.5. The highest BCUT2D eigenvalue weighted by atomic mass is 32.2. The fourth-order valence-corrected chi connectivity index (χ4v) is 6.56. The summed E-state index contributed by atoms with van der Waals surface area (Å²) in [5.41, 5.74) is 3.39. The van der Waals surface area contributed by atoms with E-state index in [1.165, 1.54) is 22.9 Å². The number of nitrogens with zero attached hydrogens (tertiary/aromatic N) is 5. The van der Waals surface area contributed by atoms with Gasteiger partial charge >= 0.3 is 0 Å². The summed E-state index contributed by atoms with van der Waals surface area (Å²) in [6.07, 6.45) is 2.53. The van der Waals surface area contributed by atoms with E-state index in [0.717, 1.165) is 28.2 Å². The number of pyridine rings is 1. The molecule has 0 spiro atoms. The van der Waals surface area contributed by atoms with E-state index >= 15 is 0 Å². The molecule has 3 heterocycles. The van der Waals surface area contributed by atoms with Crippen molar-refractivity contribution in [3.05, 3.63) is 142 Å². The second-order valence-electron chi connectivity index (χ2n) is 11.3. The van der Waals surface area contributed by atoms with E-state index in [4.69, 9.17) is 4.74 Å². The Kier molecular flexibility index (Phi) is 9.06. The molecule has 6 rings (SSSR count). The van der Waals surface area contributed by atoms with Crippen molar-refractivity contribution in [3.8, 4) is 11.3 Å². The summed E-state index contributed by atoms with van der Waals surface area (Å²) in [7, 11) is -2.18. The van der Waals surface area contributed by atoms with Crippen molar-refractivity contribution >= 4 is 20.9 Å². The van der Waals surface area contributed by atoms with Gasteiger partial charge in [-0.15, -0.1) is 0 Å². The van der Waals surface area contributed by atoms with Crippen LogP contribution in [0.1, 0.15) is 34.9 Å². The Labute approximate surface area is 270 Å². The van der Waals surface area contributed by atoms with Gasteiger partial charge in [0.15, 0.2) is 5.82 Å². The van der Waals surface area contributed by atoms with Crippen LogP contribution in [0.3, 0.4) is 0 Å². The molecule has 3 aromatic heterocycles. The molecule has 3 aromatic carbocycles. The van der Waals surface area contributed by atoms with Gasteiger partial charge in [0.25, 0.3) is 5.56 Å². The molecule has 1 atom stereocenters. The van der Waals surface area contributed by atoms with Crippen LogP contribution >= 0.6 is 0 Å². The predicted octanol–water partition coefficient (Wildman–Crippen LogP) is 5.95. The lowest BCUT2D eigenvalue weighted by Crippen LogP contribution is -2.23. The largest absolute Gasteiger partial charge is 0.369 e. The van der Waals surface area contributed by atoms with Gasteiger partial charge in [0.1, 0.15) is 5.82 Å². The van der Waals surface area contributed by atoms with Crippen LogP contribution in [0.5, 0.6) is 0 Å². The minimum atomic E-state index is -4.05. The molecule has 0 amide bonds. The number of benzene rings is 3. The normalized spacial score (nSPS) is 12.4. The molecule has 1 unspecified atom stereocenters. The molecule has 9 nitrogen and oxygen atoms in total. The Morgan fingerprint density at radius 1 is 0.915 bits per heavy atom. The van der Waals surface area contributed by atoms with Crippen LogP contribution < -0.4 is 5.56 Å². The molecule has 6 aromatic rings. The molecule has 0 fully saturated rings. The average molecular weight is 656 g/mol. The summed E-state index contributed by atoms with van der Waals surface area (Å²) in [4.78, 5) is 25.6. The predicted molar refractivity (Wildman–Crippen MR) is 173 cm³/mol. The molecule has 240 valence electrons. The molecule has 0 N–H and O–H groups in total. The summed E-state index contributed by atoms with van der Waals surface area (Å²) in [5.74, 6) is -1.78. The molecule has 0 radical (unpaired) electrons. The van der Waals surface area contributed by atoms with E-state index in [-0.39, 0.29) is 36.6 Å². The van der Waals surface area contributed by atoms with Gasteiger partial charge in [-0.1, -0.05) is 54.6 Å². The van der Waals surface area contributed by atoms with Gasteiger partial charge in [-0.2, -0.15) is 0 Å². The van der Waals surface area contributed by atoms with E-state index in [1.807, 2.05) is 60.1 Å².